The van der Waals surface area contributed by atoms with Gasteiger partial charge in [-0.2, -0.15) is 9.41 Å². The largest absolute Gasteiger partial charge is 0.365 e. The molecule has 2 aliphatic rings. The number of hydrogen-bond acceptors (Lipinski definition) is 9. The van der Waals surface area contributed by atoms with Crippen molar-refractivity contribution in [1.29, 1.82) is 0 Å². The van der Waals surface area contributed by atoms with Crippen molar-refractivity contribution in [2.24, 2.45) is 27.8 Å². The average molecular weight is 615 g/mol. The predicted octanol–water partition coefficient (Wildman–Crippen LogP) is 6.27. The number of rotatable bonds is 12. The highest BCUT2D eigenvalue weighted by Crippen LogP contribution is 2.60. The van der Waals surface area contributed by atoms with E-state index in [0.29, 0.717) is 49.1 Å². The van der Waals surface area contributed by atoms with Gasteiger partial charge in [-0.05, 0) is 47.6 Å². The molecule has 0 amide bonds. The molecule has 13 heteroatoms. The zero-order valence-corrected chi connectivity index (χ0v) is 26.7. The highest BCUT2D eigenvalue weighted by molar-refractivity contribution is 7.89. The summed E-state index contributed by atoms with van der Waals surface area (Å²) in [6.45, 7) is 16.3. The molecule has 1 saturated carbocycles. The number of nitrogens with one attached hydrogen (secondary N) is 1. The molecular formula is C30H42N6O6S. The first-order valence-corrected chi connectivity index (χ1v) is 16.0. The fourth-order valence-corrected chi connectivity index (χ4v) is 8.27. The van der Waals surface area contributed by atoms with E-state index in [1.54, 1.807) is 12.1 Å². The number of hydrazone groups is 1. The lowest BCUT2D eigenvalue weighted by molar-refractivity contribution is -0.385. The number of anilines is 2. The average Bonchev–Trinajstić information content (AvgIpc) is 3.36. The molecule has 234 valence electrons. The number of fused-ring (bicyclic) bond motifs is 2. The molecule has 2 aromatic carbocycles. The van der Waals surface area contributed by atoms with Gasteiger partial charge in [0.2, 0.25) is 10.0 Å². The van der Waals surface area contributed by atoms with Gasteiger partial charge in [-0.25, -0.2) is 8.42 Å². The van der Waals surface area contributed by atoms with Gasteiger partial charge in [0.25, 0.3) is 11.4 Å². The highest BCUT2D eigenvalue weighted by Gasteiger charge is 2.60. The number of hydrogen-bond donors (Lipinski definition) is 1. The van der Waals surface area contributed by atoms with Crippen molar-refractivity contribution in [2.45, 2.75) is 72.2 Å². The van der Waals surface area contributed by atoms with Gasteiger partial charge in [0, 0.05) is 49.4 Å². The molecule has 0 unspecified atom stereocenters. The summed E-state index contributed by atoms with van der Waals surface area (Å²) in [7, 11) is -4.10. The molecule has 2 aromatic rings. The van der Waals surface area contributed by atoms with Crippen LogP contribution in [0, 0.1) is 42.9 Å². The first-order valence-electron chi connectivity index (χ1n) is 14.6. The van der Waals surface area contributed by atoms with Crippen LogP contribution in [0.3, 0.4) is 0 Å². The molecule has 43 heavy (non-hydrogen) atoms. The number of sulfonamides is 1. The standard InChI is InChI=1S/C30H42N6O6S/c1-20(2)17-33(18-21(3)4)26-11-8-22(12-27(26)36(39)40)16-31-32-25-10-9-23(35(37)38)13-28(25)43(41,42)34-19-30(7)15-24(34)14-29(30,5)6/h8-13,16,20-21,24,32H,14-15,17-19H2,1-7H3/b31-16-/t24-,30-/m1/s1. The Morgan fingerprint density at radius 1 is 1.02 bits per heavy atom. The second-order valence-corrected chi connectivity index (χ2v) is 15.4. The lowest BCUT2D eigenvalue weighted by atomic mass is 9.69. The van der Waals surface area contributed by atoms with Crippen molar-refractivity contribution >= 4 is 39.0 Å². The molecule has 2 bridgehead atoms. The van der Waals surface area contributed by atoms with E-state index in [4.69, 9.17) is 0 Å². The smallest absolute Gasteiger partial charge is 0.293 e. The molecule has 0 radical (unpaired) electrons. The summed E-state index contributed by atoms with van der Waals surface area (Å²) in [5.41, 5.74) is 3.17. The summed E-state index contributed by atoms with van der Waals surface area (Å²) < 4.78 is 29.3. The van der Waals surface area contributed by atoms with E-state index in [2.05, 4.69) is 59.0 Å². The molecule has 0 spiro atoms. The zero-order chi connectivity index (χ0) is 31.9. The van der Waals surface area contributed by atoms with Crippen LogP contribution in [-0.2, 0) is 10.0 Å². The van der Waals surface area contributed by atoms with Crippen LogP contribution >= 0.6 is 0 Å². The molecule has 1 N–H and O–H groups in total. The SMILES string of the molecule is CC(C)CN(CC(C)C)c1ccc(/C=N\Nc2ccc([N+](=O)[O-])cc2S(=O)(=O)N2C[C@@]3(C)C[C@H]2CC3(C)C)cc1[N+](=O)[O-]. The molecule has 1 aliphatic carbocycles. The molecular weight excluding hydrogens is 572 g/mol. The number of nitro groups is 2. The summed E-state index contributed by atoms with van der Waals surface area (Å²) in [6, 6.07) is 8.27. The van der Waals surface area contributed by atoms with Crippen LogP contribution in [0.2, 0.25) is 0 Å². The Balaban J connectivity index is 1.63. The third-order valence-corrected chi connectivity index (χ3v) is 10.8. The molecule has 2 atom stereocenters. The van der Waals surface area contributed by atoms with Gasteiger partial charge < -0.3 is 4.90 Å². The molecule has 0 aromatic heterocycles. The maximum Gasteiger partial charge on any atom is 0.293 e. The van der Waals surface area contributed by atoms with E-state index in [9.17, 15) is 28.6 Å². The Kier molecular flexibility index (Phi) is 8.90. The van der Waals surface area contributed by atoms with Gasteiger partial charge in [0.1, 0.15) is 10.6 Å². The van der Waals surface area contributed by atoms with E-state index in [1.165, 1.54) is 28.7 Å². The van der Waals surface area contributed by atoms with Crippen molar-refractivity contribution < 1.29 is 18.3 Å². The van der Waals surface area contributed by atoms with Crippen LogP contribution < -0.4 is 10.3 Å². The van der Waals surface area contributed by atoms with Crippen molar-refractivity contribution in [1.82, 2.24) is 4.31 Å². The van der Waals surface area contributed by atoms with Crippen LogP contribution in [0.1, 0.15) is 66.9 Å². The number of benzene rings is 2. The zero-order valence-electron chi connectivity index (χ0n) is 25.9. The van der Waals surface area contributed by atoms with Gasteiger partial charge in [-0.1, -0.05) is 54.5 Å². The van der Waals surface area contributed by atoms with E-state index in [1.807, 2.05) is 4.90 Å². The van der Waals surface area contributed by atoms with Crippen molar-refractivity contribution in [2.75, 3.05) is 30.0 Å². The third-order valence-electron chi connectivity index (χ3n) is 8.85. The summed E-state index contributed by atoms with van der Waals surface area (Å²) in [5.74, 6) is 0.613. The summed E-state index contributed by atoms with van der Waals surface area (Å²) in [4.78, 5) is 24.3. The minimum Gasteiger partial charge on any atom is -0.365 e. The van der Waals surface area contributed by atoms with E-state index in [-0.39, 0.29) is 38.8 Å². The maximum atomic E-state index is 13.9. The summed E-state index contributed by atoms with van der Waals surface area (Å²) >= 11 is 0. The van der Waals surface area contributed by atoms with Gasteiger partial charge in [-0.3, -0.25) is 25.7 Å². The second-order valence-electron chi connectivity index (χ2n) is 13.6. The normalized spacial score (nSPS) is 21.7. The fraction of sp³-hybridized carbons (Fsp3) is 0.567. The Morgan fingerprint density at radius 2 is 1.67 bits per heavy atom. The quantitative estimate of drug-likeness (QED) is 0.167. The molecule has 1 aliphatic heterocycles. The van der Waals surface area contributed by atoms with Crippen molar-refractivity contribution in [3.05, 3.63) is 62.2 Å². The van der Waals surface area contributed by atoms with Crippen molar-refractivity contribution in [3.8, 4) is 0 Å². The Hall–Kier alpha value is -3.58. The third kappa shape index (κ3) is 6.52. The van der Waals surface area contributed by atoms with Gasteiger partial charge in [-0.15, -0.1) is 0 Å². The number of piperidine rings is 1. The van der Waals surface area contributed by atoms with Crippen molar-refractivity contribution in [3.63, 3.8) is 0 Å². The molecule has 4 rings (SSSR count). The summed E-state index contributed by atoms with van der Waals surface area (Å²) in [5, 5.41) is 27.7. The Labute approximate surface area is 253 Å². The topological polar surface area (TPSA) is 151 Å². The predicted molar refractivity (Wildman–Crippen MR) is 168 cm³/mol. The summed E-state index contributed by atoms with van der Waals surface area (Å²) in [6.07, 6.45) is 2.81. The van der Waals surface area contributed by atoms with E-state index in [0.717, 1.165) is 12.5 Å². The Morgan fingerprint density at radius 3 is 2.19 bits per heavy atom. The monoisotopic (exact) mass is 614 g/mol. The van der Waals surface area contributed by atoms with Gasteiger partial charge >= 0.3 is 0 Å². The minimum atomic E-state index is -4.10. The van der Waals surface area contributed by atoms with Crippen LogP contribution in [-0.4, -0.2) is 54.5 Å². The van der Waals surface area contributed by atoms with E-state index < -0.39 is 19.9 Å². The molecule has 1 saturated heterocycles. The lowest BCUT2D eigenvalue weighted by Gasteiger charge is -2.42. The van der Waals surface area contributed by atoms with Gasteiger partial charge in [0.15, 0.2) is 0 Å². The fourth-order valence-electron chi connectivity index (χ4n) is 6.36. The van der Waals surface area contributed by atoms with Crippen LogP contribution in [0.5, 0.6) is 0 Å². The van der Waals surface area contributed by atoms with Crippen LogP contribution in [0.4, 0.5) is 22.7 Å². The molecule has 12 nitrogen and oxygen atoms in total. The number of nitrogens with zero attached hydrogens (tertiary/aromatic N) is 5. The number of non-ortho nitro benzene ring substituents is 1. The van der Waals surface area contributed by atoms with Crippen LogP contribution in [0.25, 0.3) is 0 Å². The maximum absolute atomic E-state index is 13.9. The minimum absolute atomic E-state index is 0.0174. The molecule has 1 heterocycles. The highest BCUT2D eigenvalue weighted by atomic mass is 32.2. The second kappa shape index (κ2) is 11.8. The first kappa shape index (κ1) is 32.3. The van der Waals surface area contributed by atoms with Crippen LogP contribution in [0.15, 0.2) is 46.4 Å². The first-order chi connectivity index (χ1) is 19.9. The van der Waals surface area contributed by atoms with Gasteiger partial charge in [0.05, 0.1) is 21.7 Å². The Bertz CT molecular complexity index is 1530. The number of nitro benzene ring substituents is 2. The van der Waals surface area contributed by atoms with E-state index >= 15 is 0 Å². The molecule has 2 fully saturated rings. The lowest BCUT2D eigenvalue weighted by Crippen LogP contribution is -2.46.